The lowest BCUT2D eigenvalue weighted by atomic mass is 10.2. The first-order valence-corrected chi connectivity index (χ1v) is 11.2. The molecule has 3 aromatic rings. The molecule has 1 aliphatic heterocycles. The highest BCUT2D eigenvalue weighted by Crippen LogP contribution is 2.28. The largest absolute Gasteiger partial charge is 0.451 e. The number of carbonyl (C=O) groups is 1. The summed E-state index contributed by atoms with van der Waals surface area (Å²) in [5, 5.41) is 0.734. The van der Waals surface area contributed by atoms with E-state index in [1.807, 2.05) is 0 Å². The van der Waals surface area contributed by atoms with E-state index >= 15 is 0 Å². The van der Waals surface area contributed by atoms with Crippen LogP contribution in [-0.2, 0) is 10.0 Å². The average Bonchev–Trinajstić information content (AvgIpc) is 2.75. The van der Waals surface area contributed by atoms with Gasteiger partial charge in [0.1, 0.15) is 10.5 Å². The molecule has 10 heteroatoms. The fraction of sp³-hybridized carbons (Fsp3) is 0.200. The summed E-state index contributed by atoms with van der Waals surface area (Å²) in [6, 6.07) is 12.1. The van der Waals surface area contributed by atoms with Gasteiger partial charge in [-0.15, -0.1) is 0 Å². The van der Waals surface area contributed by atoms with Crippen LogP contribution >= 0.6 is 23.2 Å². The Bertz CT molecular complexity index is 1300. The number of rotatable bonds is 3. The summed E-state index contributed by atoms with van der Waals surface area (Å²) in [7, 11) is -3.86. The quantitative estimate of drug-likeness (QED) is 0.590. The second-order valence-corrected chi connectivity index (χ2v) is 9.49. The Labute approximate surface area is 182 Å². The smallest absolute Gasteiger partial charge is 0.289 e. The van der Waals surface area contributed by atoms with Gasteiger partial charge >= 0.3 is 0 Å². The number of hydrogen-bond donors (Lipinski definition) is 0. The van der Waals surface area contributed by atoms with Crippen molar-refractivity contribution < 1.29 is 17.6 Å². The normalized spacial score (nSPS) is 15.5. The van der Waals surface area contributed by atoms with Crippen molar-refractivity contribution in [1.82, 2.24) is 9.21 Å². The van der Waals surface area contributed by atoms with Crippen LogP contribution in [0.15, 0.2) is 62.6 Å². The SMILES string of the molecule is O=C(c1cc(=O)c2ccccc2o1)N1CCN(S(=O)(=O)c2cc(Cl)ccc2Cl)CC1. The lowest BCUT2D eigenvalue weighted by Crippen LogP contribution is -2.50. The minimum absolute atomic E-state index is 0.0723. The van der Waals surface area contributed by atoms with Crippen molar-refractivity contribution >= 4 is 50.1 Å². The molecule has 0 N–H and O–H groups in total. The number of carbonyl (C=O) groups excluding carboxylic acids is 1. The van der Waals surface area contributed by atoms with Crippen LogP contribution in [0.5, 0.6) is 0 Å². The molecule has 1 aliphatic rings. The van der Waals surface area contributed by atoms with Gasteiger partial charge in [-0.1, -0.05) is 35.3 Å². The fourth-order valence-corrected chi connectivity index (χ4v) is 5.47. The van der Waals surface area contributed by atoms with Crippen LogP contribution in [0, 0.1) is 0 Å². The van der Waals surface area contributed by atoms with Gasteiger partial charge in [-0.25, -0.2) is 8.42 Å². The fourth-order valence-electron chi connectivity index (χ4n) is 3.31. The molecule has 0 spiro atoms. The third-order valence-electron chi connectivity index (χ3n) is 4.88. The number of sulfonamides is 1. The second kappa shape index (κ2) is 8.03. The molecule has 30 heavy (non-hydrogen) atoms. The molecule has 156 valence electrons. The van der Waals surface area contributed by atoms with Crippen molar-refractivity contribution in [1.29, 1.82) is 0 Å². The zero-order valence-electron chi connectivity index (χ0n) is 15.5. The Hall–Kier alpha value is -2.39. The van der Waals surface area contributed by atoms with Gasteiger partial charge in [0.15, 0.2) is 11.2 Å². The summed E-state index contributed by atoms with van der Waals surface area (Å²) in [6.07, 6.45) is 0. The van der Waals surface area contributed by atoms with Crippen LogP contribution < -0.4 is 5.43 Å². The highest BCUT2D eigenvalue weighted by atomic mass is 35.5. The number of fused-ring (bicyclic) bond motifs is 1. The highest BCUT2D eigenvalue weighted by molar-refractivity contribution is 7.89. The topological polar surface area (TPSA) is 87.9 Å². The molecular weight excluding hydrogens is 451 g/mol. The van der Waals surface area contributed by atoms with Crippen molar-refractivity contribution in [2.75, 3.05) is 26.2 Å². The maximum Gasteiger partial charge on any atom is 0.289 e. The van der Waals surface area contributed by atoms with Gasteiger partial charge in [0, 0.05) is 37.3 Å². The maximum atomic E-state index is 12.9. The molecule has 2 aromatic carbocycles. The van der Waals surface area contributed by atoms with E-state index in [-0.39, 0.29) is 52.3 Å². The molecule has 0 radical (unpaired) electrons. The molecule has 7 nitrogen and oxygen atoms in total. The summed E-state index contributed by atoms with van der Waals surface area (Å²) in [5.41, 5.74) is 0.0159. The summed E-state index contributed by atoms with van der Waals surface area (Å²) in [6.45, 7) is 0.447. The van der Waals surface area contributed by atoms with Crippen molar-refractivity contribution in [3.8, 4) is 0 Å². The molecule has 1 fully saturated rings. The van der Waals surface area contributed by atoms with E-state index in [2.05, 4.69) is 0 Å². The van der Waals surface area contributed by atoms with Crippen LogP contribution in [0.1, 0.15) is 10.6 Å². The van der Waals surface area contributed by atoms with Crippen LogP contribution in [0.2, 0.25) is 10.0 Å². The lowest BCUT2D eigenvalue weighted by molar-refractivity contribution is 0.0666. The Morgan fingerprint density at radius 1 is 0.967 bits per heavy atom. The van der Waals surface area contributed by atoms with E-state index in [4.69, 9.17) is 27.6 Å². The van der Waals surface area contributed by atoms with E-state index in [9.17, 15) is 18.0 Å². The van der Waals surface area contributed by atoms with Crippen LogP contribution in [-0.4, -0.2) is 49.7 Å². The van der Waals surface area contributed by atoms with E-state index < -0.39 is 15.9 Å². The maximum absolute atomic E-state index is 12.9. The molecule has 0 aliphatic carbocycles. The predicted molar refractivity (Wildman–Crippen MR) is 114 cm³/mol. The van der Waals surface area contributed by atoms with E-state index in [1.54, 1.807) is 24.3 Å². The van der Waals surface area contributed by atoms with E-state index in [0.717, 1.165) is 0 Å². The van der Waals surface area contributed by atoms with Crippen LogP contribution in [0.3, 0.4) is 0 Å². The van der Waals surface area contributed by atoms with Crippen molar-refractivity contribution in [3.63, 3.8) is 0 Å². The number of amides is 1. The Morgan fingerprint density at radius 3 is 2.40 bits per heavy atom. The van der Waals surface area contributed by atoms with E-state index in [0.29, 0.717) is 11.0 Å². The Balaban J connectivity index is 1.53. The molecular formula is C20H16Cl2N2O5S. The standard InChI is InChI=1S/C20H16Cl2N2O5S/c21-13-5-6-15(22)19(11-13)30(27,28)24-9-7-23(8-10-24)20(26)18-12-16(25)14-3-1-2-4-17(14)29-18/h1-6,11-12H,7-10H2. The Morgan fingerprint density at radius 2 is 1.67 bits per heavy atom. The first-order chi connectivity index (χ1) is 14.3. The molecule has 0 bridgehead atoms. The summed E-state index contributed by atoms with van der Waals surface area (Å²) in [5.74, 6) is -0.538. The Kier molecular flexibility index (Phi) is 5.59. The monoisotopic (exact) mass is 466 g/mol. The first kappa shape index (κ1) is 20.9. The number of para-hydroxylation sites is 1. The van der Waals surface area contributed by atoms with Crippen molar-refractivity contribution in [2.24, 2.45) is 0 Å². The van der Waals surface area contributed by atoms with Gasteiger partial charge in [0.05, 0.1) is 10.4 Å². The third kappa shape index (κ3) is 3.83. The van der Waals surface area contributed by atoms with Gasteiger partial charge in [-0.05, 0) is 30.3 Å². The molecule has 2 heterocycles. The van der Waals surface area contributed by atoms with Crippen molar-refractivity contribution in [2.45, 2.75) is 4.90 Å². The molecule has 1 aromatic heterocycles. The molecule has 1 amide bonds. The third-order valence-corrected chi connectivity index (χ3v) is 7.50. The van der Waals surface area contributed by atoms with E-state index in [1.165, 1.54) is 33.5 Å². The lowest BCUT2D eigenvalue weighted by Gasteiger charge is -2.33. The highest BCUT2D eigenvalue weighted by Gasteiger charge is 2.32. The van der Waals surface area contributed by atoms with Gasteiger partial charge in [-0.3, -0.25) is 9.59 Å². The molecule has 0 saturated carbocycles. The van der Waals surface area contributed by atoms with Gasteiger partial charge < -0.3 is 9.32 Å². The molecule has 0 unspecified atom stereocenters. The number of nitrogens with zero attached hydrogens (tertiary/aromatic N) is 2. The molecule has 4 rings (SSSR count). The van der Waals surface area contributed by atoms with Gasteiger partial charge in [0.25, 0.3) is 5.91 Å². The zero-order valence-corrected chi connectivity index (χ0v) is 17.9. The average molecular weight is 467 g/mol. The summed E-state index contributed by atoms with van der Waals surface area (Å²) < 4.78 is 32.7. The molecule has 0 atom stereocenters. The van der Waals surface area contributed by atoms with Gasteiger partial charge in [0.2, 0.25) is 10.0 Å². The number of benzene rings is 2. The first-order valence-electron chi connectivity index (χ1n) is 9.05. The summed E-state index contributed by atoms with van der Waals surface area (Å²) in [4.78, 5) is 26.4. The summed E-state index contributed by atoms with van der Waals surface area (Å²) >= 11 is 12.0. The minimum atomic E-state index is -3.86. The number of piperazine rings is 1. The number of hydrogen-bond acceptors (Lipinski definition) is 5. The van der Waals surface area contributed by atoms with Crippen molar-refractivity contribution in [3.05, 3.63) is 74.6 Å². The number of halogens is 2. The predicted octanol–water partition coefficient (Wildman–Crippen LogP) is 3.25. The second-order valence-electron chi connectivity index (χ2n) is 6.74. The van der Waals surface area contributed by atoms with Crippen LogP contribution in [0.4, 0.5) is 0 Å². The molecule has 1 saturated heterocycles. The zero-order chi connectivity index (χ0) is 21.5. The van der Waals surface area contributed by atoms with Gasteiger partial charge in [-0.2, -0.15) is 4.31 Å². The minimum Gasteiger partial charge on any atom is -0.451 e. The van der Waals surface area contributed by atoms with Crippen LogP contribution in [0.25, 0.3) is 11.0 Å².